The summed E-state index contributed by atoms with van der Waals surface area (Å²) < 4.78 is 0. The summed E-state index contributed by atoms with van der Waals surface area (Å²) in [6.07, 6.45) is 1.89. The summed E-state index contributed by atoms with van der Waals surface area (Å²) >= 11 is 0. The summed E-state index contributed by atoms with van der Waals surface area (Å²) in [7, 11) is 0. The molecule has 0 spiro atoms. The fourth-order valence-electron chi connectivity index (χ4n) is 2.41. The molecule has 0 aliphatic carbocycles. The molecule has 5 nitrogen and oxygen atoms in total. The molecule has 0 radical (unpaired) electrons. The Balaban J connectivity index is 1.78. The predicted molar refractivity (Wildman–Crippen MR) is 83.9 cm³/mol. The van der Waals surface area contributed by atoms with Crippen LogP contribution in [0.4, 0.5) is 11.6 Å². The molecule has 4 rings (SSSR count). The average molecular weight is 276 g/mol. The van der Waals surface area contributed by atoms with Crippen molar-refractivity contribution in [3.05, 3.63) is 65.1 Å². The standard InChI is InChI=1S/C16H12N4O/c21-15-12-3-1-2-4-13(12)19-16(20-15)18-11-6-5-10-7-8-17-14(10)9-11/h1-9,17H,(H2,18,19,20,21). The molecule has 102 valence electrons. The van der Waals surface area contributed by atoms with E-state index in [4.69, 9.17) is 0 Å². The van der Waals surface area contributed by atoms with Gasteiger partial charge in [0.15, 0.2) is 0 Å². The number of aromatic amines is 2. The number of H-pyrrole nitrogens is 2. The van der Waals surface area contributed by atoms with Gasteiger partial charge in [0.2, 0.25) is 5.95 Å². The lowest BCUT2D eigenvalue weighted by atomic mass is 10.2. The van der Waals surface area contributed by atoms with Crippen molar-refractivity contribution in [1.82, 2.24) is 15.0 Å². The maximum absolute atomic E-state index is 12.0. The van der Waals surface area contributed by atoms with Crippen molar-refractivity contribution in [3.63, 3.8) is 0 Å². The minimum atomic E-state index is -0.149. The molecule has 0 fully saturated rings. The van der Waals surface area contributed by atoms with Gasteiger partial charge in [0, 0.05) is 17.4 Å². The Morgan fingerprint density at radius 3 is 2.90 bits per heavy atom. The number of nitrogens with zero attached hydrogens (tertiary/aromatic N) is 1. The van der Waals surface area contributed by atoms with Crippen LogP contribution in [-0.4, -0.2) is 15.0 Å². The van der Waals surface area contributed by atoms with E-state index in [0.29, 0.717) is 16.9 Å². The van der Waals surface area contributed by atoms with Gasteiger partial charge in [-0.2, -0.15) is 0 Å². The molecule has 0 saturated carbocycles. The zero-order valence-electron chi connectivity index (χ0n) is 11.1. The second kappa shape index (κ2) is 4.49. The van der Waals surface area contributed by atoms with Crippen LogP contribution in [0, 0.1) is 0 Å². The number of hydrogen-bond donors (Lipinski definition) is 3. The van der Waals surface area contributed by atoms with Crippen molar-refractivity contribution >= 4 is 33.4 Å². The van der Waals surface area contributed by atoms with Crippen LogP contribution in [0.2, 0.25) is 0 Å². The lowest BCUT2D eigenvalue weighted by molar-refractivity contribution is 1.17. The molecule has 2 aromatic carbocycles. The highest BCUT2D eigenvalue weighted by molar-refractivity contribution is 5.84. The number of hydrogen-bond acceptors (Lipinski definition) is 3. The lowest BCUT2D eigenvalue weighted by Gasteiger charge is -2.06. The smallest absolute Gasteiger partial charge is 0.260 e. The van der Waals surface area contributed by atoms with Gasteiger partial charge in [0.1, 0.15) is 0 Å². The Hall–Kier alpha value is -3.08. The first-order valence-corrected chi connectivity index (χ1v) is 6.63. The second-order valence-electron chi connectivity index (χ2n) is 4.84. The number of para-hydroxylation sites is 1. The van der Waals surface area contributed by atoms with Crippen LogP contribution >= 0.6 is 0 Å². The Bertz CT molecular complexity index is 1000. The molecule has 0 atom stereocenters. The van der Waals surface area contributed by atoms with Gasteiger partial charge in [-0.15, -0.1) is 0 Å². The third kappa shape index (κ3) is 2.04. The number of fused-ring (bicyclic) bond motifs is 2. The molecule has 0 aliphatic heterocycles. The van der Waals surface area contributed by atoms with Crippen LogP contribution in [0.3, 0.4) is 0 Å². The summed E-state index contributed by atoms with van der Waals surface area (Å²) in [6.45, 7) is 0. The first kappa shape index (κ1) is 11.7. The molecule has 0 aliphatic rings. The summed E-state index contributed by atoms with van der Waals surface area (Å²) in [5.74, 6) is 0.435. The Kier molecular flexibility index (Phi) is 2.50. The fraction of sp³-hybridized carbons (Fsp3) is 0. The molecule has 0 saturated heterocycles. The van der Waals surface area contributed by atoms with E-state index < -0.39 is 0 Å². The average Bonchev–Trinajstić information content (AvgIpc) is 2.95. The van der Waals surface area contributed by atoms with Crippen LogP contribution in [-0.2, 0) is 0 Å². The molecule has 0 unspecified atom stereocenters. The Morgan fingerprint density at radius 2 is 1.95 bits per heavy atom. The SMILES string of the molecule is O=c1[nH]c(Nc2ccc3cc[nH]c3c2)nc2ccccc12. The van der Waals surface area contributed by atoms with Crippen molar-refractivity contribution in [1.29, 1.82) is 0 Å². The summed E-state index contributed by atoms with van der Waals surface area (Å²) in [5.41, 5.74) is 2.42. The molecular formula is C16H12N4O. The largest absolute Gasteiger partial charge is 0.361 e. The first-order chi connectivity index (χ1) is 10.3. The fourth-order valence-corrected chi connectivity index (χ4v) is 2.41. The first-order valence-electron chi connectivity index (χ1n) is 6.63. The molecule has 3 N–H and O–H groups in total. The molecule has 0 amide bonds. The third-order valence-electron chi connectivity index (χ3n) is 3.43. The van der Waals surface area contributed by atoms with E-state index >= 15 is 0 Å². The van der Waals surface area contributed by atoms with E-state index in [1.54, 1.807) is 6.07 Å². The Morgan fingerprint density at radius 1 is 1.05 bits per heavy atom. The van der Waals surface area contributed by atoms with Crippen LogP contribution < -0.4 is 10.9 Å². The molecule has 21 heavy (non-hydrogen) atoms. The van der Waals surface area contributed by atoms with E-state index in [1.807, 2.05) is 48.7 Å². The van der Waals surface area contributed by atoms with Crippen molar-refractivity contribution in [2.75, 3.05) is 5.32 Å². The van der Waals surface area contributed by atoms with Crippen LogP contribution in [0.25, 0.3) is 21.8 Å². The van der Waals surface area contributed by atoms with Crippen molar-refractivity contribution < 1.29 is 0 Å². The normalized spacial score (nSPS) is 11.0. The zero-order chi connectivity index (χ0) is 14.2. The number of nitrogens with one attached hydrogen (secondary N) is 3. The van der Waals surface area contributed by atoms with Gasteiger partial charge in [-0.25, -0.2) is 4.98 Å². The molecule has 2 heterocycles. The quantitative estimate of drug-likeness (QED) is 0.526. The van der Waals surface area contributed by atoms with Crippen LogP contribution in [0.5, 0.6) is 0 Å². The molecule has 2 aromatic heterocycles. The maximum atomic E-state index is 12.0. The summed E-state index contributed by atoms with van der Waals surface area (Å²) in [4.78, 5) is 22.3. The van der Waals surface area contributed by atoms with Gasteiger partial charge in [-0.3, -0.25) is 9.78 Å². The Labute approximate surface area is 119 Å². The topological polar surface area (TPSA) is 73.6 Å². The van der Waals surface area contributed by atoms with Crippen molar-refractivity contribution in [2.45, 2.75) is 0 Å². The minimum absolute atomic E-state index is 0.149. The molecular weight excluding hydrogens is 264 g/mol. The van der Waals surface area contributed by atoms with Gasteiger partial charge in [-0.1, -0.05) is 18.2 Å². The van der Waals surface area contributed by atoms with Crippen LogP contribution in [0.1, 0.15) is 0 Å². The van der Waals surface area contributed by atoms with Gasteiger partial charge >= 0.3 is 0 Å². The molecule has 5 heteroatoms. The van der Waals surface area contributed by atoms with Gasteiger partial charge in [0.05, 0.1) is 10.9 Å². The van der Waals surface area contributed by atoms with Crippen LogP contribution in [0.15, 0.2) is 59.5 Å². The second-order valence-corrected chi connectivity index (χ2v) is 4.84. The zero-order valence-corrected chi connectivity index (χ0v) is 11.1. The lowest BCUT2D eigenvalue weighted by Crippen LogP contribution is -2.11. The predicted octanol–water partition coefficient (Wildman–Crippen LogP) is 3.15. The van der Waals surface area contributed by atoms with Crippen molar-refractivity contribution in [2.24, 2.45) is 0 Å². The maximum Gasteiger partial charge on any atom is 0.260 e. The third-order valence-corrected chi connectivity index (χ3v) is 3.43. The molecule has 4 aromatic rings. The number of aromatic nitrogens is 3. The van der Waals surface area contributed by atoms with Crippen molar-refractivity contribution in [3.8, 4) is 0 Å². The van der Waals surface area contributed by atoms with Gasteiger partial charge in [0.25, 0.3) is 5.56 Å². The number of benzene rings is 2. The molecule has 0 bridgehead atoms. The van der Waals surface area contributed by atoms with E-state index in [2.05, 4.69) is 20.3 Å². The van der Waals surface area contributed by atoms with E-state index in [-0.39, 0.29) is 5.56 Å². The van der Waals surface area contributed by atoms with Gasteiger partial charge in [-0.05, 0) is 35.7 Å². The summed E-state index contributed by atoms with van der Waals surface area (Å²) in [6, 6.07) is 15.2. The number of rotatable bonds is 2. The highest BCUT2D eigenvalue weighted by Crippen LogP contribution is 2.20. The highest BCUT2D eigenvalue weighted by Gasteiger charge is 2.04. The highest BCUT2D eigenvalue weighted by atomic mass is 16.1. The van der Waals surface area contributed by atoms with E-state index in [0.717, 1.165) is 16.6 Å². The monoisotopic (exact) mass is 276 g/mol. The minimum Gasteiger partial charge on any atom is -0.361 e. The summed E-state index contributed by atoms with van der Waals surface area (Å²) in [5, 5.41) is 4.86. The van der Waals surface area contributed by atoms with E-state index in [1.165, 1.54) is 0 Å². The number of anilines is 2. The van der Waals surface area contributed by atoms with Gasteiger partial charge < -0.3 is 10.3 Å². The van der Waals surface area contributed by atoms with E-state index in [9.17, 15) is 4.79 Å².